The highest BCUT2D eigenvalue weighted by Crippen LogP contribution is 2.15. The van der Waals surface area contributed by atoms with E-state index in [1.807, 2.05) is 0 Å². The molecule has 0 aliphatic rings. The van der Waals surface area contributed by atoms with Crippen LogP contribution in [-0.2, 0) is 19.1 Å². The number of aliphatic hydroxyl groups is 1. The van der Waals surface area contributed by atoms with Crippen LogP contribution in [0.2, 0.25) is 0 Å². The smallest absolute Gasteiger partial charge is 0.306 e. The molecule has 0 aromatic heterocycles. The fourth-order valence-electron chi connectivity index (χ4n) is 7.36. The fraction of sp³-hybridized carbons (Fsp3) is 0.619. The van der Waals surface area contributed by atoms with Gasteiger partial charge in [0.15, 0.2) is 6.10 Å². The van der Waals surface area contributed by atoms with Gasteiger partial charge in [-0.3, -0.25) is 9.59 Å². The summed E-state index contributed by atoms with van der Waals surface area (Å²) in [5.41, 5.74) is 0. The summed E-state index contributed by atoms with van der Waals surface area (Å²) in [6, 6.07) is 0. The second-order valence-corrected chi connectivity index (χ2v) is 17.9. The summed E-state index contributed by atoms with van der Waals surface area (Å²) in [6.07, 6.45) is 85.8. The third kappa shape index (κ3) is 54.6. The Labute approximate surface area is 419 Å². The molecular weight excluding hydrogens is 837 g/mol. The molecule has 0 rings (SSSR count). The van der Waals surface area contributed by atoms with Gasteiger partial charge in [-0.05, 0) is 103 Å². The molecule has 0 aromatic rings. The van der Waals surface area contributed by atoms with Crippen LogP contribution in [0, 0.1) is 0 Å². The molecular formula is C63H102O5. The molecule has 384 valence electrons. The number of allylic oxidation sites excluding steroid dienone is 22. The van der Waals surface area contributed by atoms with Crippen LogP contribution in [0.3, 0.4) is 0 Å². The van der Waals surface area contributed by atoms with Crippen LogP contribution < -0.4 is 0 Å². The Bertz CT molecular complexity index is 1430. The topological polar surface area (TPSA) is 72.8 Å². The molecule has 1 unspecified atom stereocenters. The van der Waals surface area contributed by atoms with E-state index in [-0.39, 0.29) is 25.2 Å². The van der Waals surface area contributed by atoms with Gasteiger partial charge in [0.1, 0.15) is 6.61 Å². The van der Waals surface area contributed by atoms with Gasteiger partial charge in [0, 0.05) is 12.8 Å². The van der Waals surface area contributed by atoms with Crippen molar-refractivity contribution in [2.24, 2.45) is 0 Å². The van der Waals surface area contributed by atoms with Crippen molar-refractivity contribution >= 4 is 11.9 Å². The van der Waals surface area contributed by atoms with Gasteiger partial charge in [0.05, 0.1) is 6.61 Å². The van der Waals surface area contributed by atoms with Crippen LogP contribution in [-0.4, -0.2) is 36.4 Å². The Hall–Kier alpha value is -3.96. The predicted molar refractivity (Wildman–Crippen MR) is 297 cm³/mol. The molecule has 0 heterocycles. The number of hydrogen-bond donors (Lipinski definition) is 1. The Balaban J connectivity index is 3.53. The highest BCUT2D eigenvalue weighted by atomic mass is 16.6. The quantitative estimate of drug-likeness (QED) is 0.0374. The number of ether oxygens (including phenoxy) is 2. The van der Waals surface area contributed by atoms with E-state index in [0.717, 1.165) is 96.3 Å². The molecule has 5 nitrogen and oxygen atoms in total. The molecule has 68 heavy (non-hydrogen) atoms. The second kappa shape index (κ2) is 57.4. The SMILES string of the molecule is CC/C=C\C/C=C\C/C=C\C/C=C\C/C=C\C/C=C\CCCCCCCCCCCCCCCCCCCCC(=O)OC(CO)COC(=O)CCC/C=C\C/C=C\C/C=C\C/C=C\C/C=C\CC. The first-order valence-corrected chi connectivity index (χ1v) is 27.7. The van der Waals surface area contributed by atoms with Crippen molar-refractivity contribution in [3.63, 3.8) is 0 Å². The van der Waals surface area contributed by atoms with Gasteiger partial charge >= 0.3 is 11.9 Å². The minimum absolute atomic E-state index is 0.101. The van der Waals surface area contributed by atoms with Crippen LogP contribution in [0.5, 0.6) is 0 Å². The van der Waals surface area contributed by atoms with Gasteiger partial charge in [-0.1, -0.05) is 250 Å². The molecule has 0 amide bonds. The summed E-state index contributed by atoms with van der Waals surface area (Å²) in [5, 5.41) is 9.63. The normalized spacial score (nSPS) is 13.3. The lowest BCUT2D eigenvalue weighted by Gasteiger charge is -2.15. The first kappa shape index (κ1) is 64.0. The average molecular weight is 940 g/mol. The summed E-state index contributed by atoms with van der Waals surface area (Å²) in [7, 11) is 0. The Morgan fingerprint density at radius 2 is 0.603 bits per heavy atom. The zero-order chi connectivity index (χ0) is 49.2. The minimum atomic E-state index is -0.802. The number of rotatable bonds is 49. The zero-order valence-electron chi connectivity index (χ0n) is 43.8. The highest BCUT2D eigenvalue weighted by Gasteiger charge is 2.16. The van der Waals surface area contributed by atoms with Crippen molar-refractivity contribution < 1.29 is 24.2 Å². The van der Waals surface area contributed by atoms with Gasteiger partial charge in [-0.2, -0.15) is 0 Å². The maximum absolute atomic E-state index is 12.3. The molecule has 0 spiro atoms. The minimum Gasteiger partial charge on any atom is -0.462 e. The van der Waals surface area contributed by atoms with Gasteiger partial charge in [0.25, 0.3) is 0 Å². The standard InChI is InChI=1S/C63H102O5/c1-3-5-7-9-11-13-15-17-19-21-22-23-24-25-26-27-28-29-30-31-32-33-34-35-36-37-38-39-40-42-44-46-48-50-52-54-56-58-63(66)68-61(59-64)60-67-62(65)57-55-53-51-49-47-45-43-41-20-18-16-14-12-10-8-6-4-2/h5-8,11-14,17-20,22-23,25-26,28-29,43,45,49,51,61,64H,3-4,9-10,15-16,21,24,27,30-42,44,46-48,50,52-60H2,1-2H3/b7-5-,8-6-,13-11-,14-12-,19-17-,20-18-,23-22-,26-25-,29-28-,45-43-,51-49-. The summed E-state index contributed by atoms with van der Waals surface area (Å²) in [6.45, 7) is 3.86. The van der Waals surface area contributed by atoms with Gasteiger partial charge in [0.2, 0.25) is 0 Å². The number of aliphatic hydroxyl groups excluding tert-OH is 1. The lowest BCUT2D eigenvalue weighted by atomic mass is 10.0. The molecule has 0 bridgehead atoms. The molecule has 0 saturated heterocycles. The van der Waals surface area contributed by atoms with Crippen LogP contribution in [0.1, 0.15) is 232 Å². The van der Waals surface area contributed by atoms with Crippen LogP contribution in [0.15, 0.2) is 134 Å². The molecule has 0 fully saturated rings. The molecule has 0 aromatic carbocycles. The van der Waals surface area contributed by atoms with E-state index in [0.29, 0.717) is 19.3 Å². The molecule has 1 atom stereocenters. The van der Waals surface area contributed by atoms with E-state index in [1.165, 1.54) is 103 Å². The van der Waals surface area contributed by atoms with Crippen molar-refractivity contribution in [3.05, 3.63) is 134 Å². The van der Waals surface area contributed by atoms with Crippen molar-refractivity contribution in [3.8, 4) is 0 Å². The monoisotopic (exact) mass is 939 g/mol. The van der Waals surface area contributed by atoms with E-state index in [2.05, 4.69) is 148 Å². The first-order chi connectivity index (χ1) is 33.6. The highest BCUT2D eigenvalue weighted by molar-refractivity contribution is 5.70. The van der Waals surface area contributed by atoms with E-state index in [1.54, 1.807) is 0 Å². The van der Waals surface area contributed by atoms with E-state index < -0.39 is 6.10 Å². The average Bonchev–Trinajstić information content (AvgIpc) is 3.34. The van der Waals surface area contributed by atoms with Gasteiger partial charge in [-0.25, -0.2) is 0 Å². The lowest BCUT2D eigenvalue weighted by Crippen LogP contribution is -2.28. The molecule has 0 aliphatic carbocycles. The number of esters is 2. The Morgan fingerprint density at radius 1 is 0.338 bits per heavy atom. The third-order valence-electron chi connectivity index (χ3n) is 11.4. The molecule has 0 saturated carbocycles. The van der Waals surface area contributed by atoms with Gasteiger partial charge < -0.3 is 14.6 Å². The molecule has 0 aliphatic heterocycles. The zero-order valence-corrected chi connectivity index (χ0v) is 43.8. The predicted octanol–water partition coefficient (Wildman–Crippen LogP) is 18.9. The number of unbranched alkanes of at least 4 members (excludes halogenated alkanes) is 19. The summed E-state index contributed by atoms with van der Waals surface area (Å²) < 4.78 is 10.6. The summed E-state index contributed by atoms with van der Waals surface area (Å²) in [5.74, 6) is -0.662. The number of carbonyl (C=O) groups excluding carboxylic acids is 2. The van der Waals surface area contributed by atoms with E-state index >= 15 is 0 Å². The van der Waals surface area contributed by atoms with Crippen LogP contribution in [0.25, 0.3) is 0 Å². The molecule has 0 radical (unpaired) electrons. The van der Waals surface area contributed by atoms with Crippen LogP contribution >= 0.6 is 0 Å². The lowest BCUT2D eigenvalue weighted by molar-refractivity contribution is -0.161. The summed E-state index contributed by atoms with van der Waals surface area (Å²) >= 11 is 0. The maximum Gasteiger partial charge on any atom is 0.306 e. The fourth-order valence-corrected chi connectivity index (χ4v) is 7.36. The third-order valence-corrected chi connectivity index (χ3v) is 11.4. The maximum atomic E-state index is 12.3. The number of hydrogen-bond acceptors (Lipinski definition) is 5. The second-order valence-electron chi connectivity index (χ2n) is 17.9. The Morgan fingerprint density at radius 3 is 0.926 bits per heavy atom. The van der Waals surface area contributed by atoms with Crippen LogP contribution in [0.4, 0.5) is 0 Å². The van der Waals surface area contributed by atoms with Gasteiger partial charge in [-0.15, -0.1) is 0 Å². The van der Waals surface area contributed by atoms with Crippen molar-refractivity contribution in [2.75, 3.05) is 13.2 Å². The molecule has 5 heteroatoms. The largest absolute Gasteiger partial charge is 0.462 e. The first-order valence-electron chi connectivity index (χ1n) is 27.7. The number of carbonyl (C=O) groups is 2. The van der Waals surface area contributed by atoms with E-state index in [9.17, 15) is 14.7 Å². The van der Waals surface area contributed by atoms with Crippen molar-refractivity contribution in [1.29, 1.82) is 0 Å². The van der Waals surface area contributed by atoms with Crippen molar-refractivity contribution in [2.45, 2.75) is 238 Å². The van der Waals surface area contributed by atoms with Crippen molar-refractivity contribution in [1.82, 2.24) is 0 Å². The molecule has 1 N–H and O–H groups in total. The summed E-state index contributed by atoms with van der Waals surface area (Å²) in [4.78, 5) is 24.4. The Kier molecular flexibility index (Phi) is 54.0. The van der Waals surface area contributed by atoms with E-state index in [4.69, 9.17) is 9.47 Å².